The normalized spacial score (nSPS) is 31.5. The molecule has 16 atom stereocenters. The van der Waals surface area contributed by atoms with Crippen LogP contribution in [0, 0.1) is 17.3 Å². The van der Waals surface area contributed by atoms with Crippen molar-refractivity contribution in [3.8, 4) is 5.75 Å². The highest BCUT2D eigenvalue weighted by molar-refractivity contribution is 8.76. The lowest BCUT2D eigenvalue weighted by Gasteiger charge is -2.63. The van der Waals surface area contributed by atoms with Crippen LogP contribution in [0.3, 0.4) is 0 Å². The highest BCUT2D eigenvalue weighted by Crippen LogP contribution is 2.68. The number of carboxylic acid groups (broad SMARTS) is 1. The Bertz CT molecular complexity index is 3360. The van der Waals surface area contributed by atoms with Crippen LogP contribution in [0.5, 0.6) is 5.75 Å². The highest BCUT2D eigenvalue weighted by Gasteiger charge is 2.78. The average molecular weight is 1400 g/mol. The number of likely N-dealkylation sites (N-methyl/N-ethyl adjacent to an activating group) is 1. The number of aliphatic carboxylic acids is 1. The maximum absolute atomic E-state index is 15.3. The lowest BCUT2D eigenvalue weighted by molar-refractivity contribution is -0.256. The molecule has 1 spiro atoms. The molecule has 3 aromatic rings. The molecule has 4 fully saturated rings. The number of ether oxygens (including phenoxy) is 4. The molecule has 0 radical (unpaired) electrons. The number of fused-ring (bicyclic) bond motifs is 6. The minimum Gasteiger partial charge on any atom is -0.496 e. The molecule has 1 aromatic heterocycles. The first-order chi connectivity index (χ1) is 46.9. The molecule has 7 heterocycles. The van der Waals surface area contributed by atoms with Crippen LogP contribution in [-0.2, 0) is 55.4 Å². The number of methoxy groups -OCH3 is 1. The number of H-pyrrole nitrogens is 1. The number of para-hydroxylation sites is 1. The molecule has 2 bridgehead atoms. The van der Waals surface area contributed by atoms with Crippen LogP contribution in [0.15, 0.2) is 48.6 Å². The summed E-state index contributed by atoms with van der Waals surface area (Å²) in [7, 11) is 5.92. The predicted octanol–water partition coefficient (Wildman–Crippen LogP) is 5.41. The fraction of sp³-hybridized carbons (Fsp3) is 0.694. The number of aromatic amines is 1. The van der Waals surface area contributed by atoms with Gasteiger partial charge in [0, 0.05) is 140 Å². The van der Waals surface area contributed by atoms with E-state index < -0.39 is 125 Å². The van der Waals surface area contributed by atoms with E-state index in [-0.39, 0.29) is 61.8 Å². The van der Waals surface area contributed by atoms with Gasteiger partial charge >= 0.3 is 12.1 Å². The van der Waals surface area contributed by atoms with E-state index in [0.29, 0.717) is 76.9 Å². The van der Waals surface area contributed by atoms with Crippen LogP contribution in [0.4, 0.5) is 10.5 Å². The number of piperidine rings is 1. The number of carbonyl (C=O) groups is 6. The standard InChI is InChI=1S/C72H105N7O17S2/c1-7-19-59(85)75-51(38-73-58(84)22-14-12-10-11-13-17-29-94-60-35-54(82)61(86)56(41-80)96-60)53(81)32-45(63(87)88)42-98-97-31-30-95-67(90)74-39-57(83)72(92)65-71(25-28-79-26-18-24-70(9-3,64(71)79)66(72)89)48-33-49(55(93-6)34-52(48)77(65)5)68(4)36-44-37-69(91,8-2)43-78(40-44)27-23-47-46-20-15-16-21-50(46)76-62(47)68/h15-16,18,20-21,24,33-34,44-45,51,54,56,60-61,64-66,76,80,82,86,89,91-92H,7-14,17,19,22-23,25-32,35-43H2,1-6H3,(H,73,84)(H,74,90)(H,75,85)(H,87,88)/t44-,45+,51-,54+,56?,60?,61?,64-,65+,66+,68+,69-,70+,71+,72-/m0/s1. The van der Waals surface area contributed by atoms with Crippen LogP contribution in [0.1, 0.15) is 153 Å². The second-order valence-corrected chi connectivity index (χ2v) is 31.4. The van der Waals surface area contributed by atoms with Crippen molar-refractivity contribution < 1.29 is 83.5 Å². The smallest absolute Gasteiger partial charge is 0.407 e. The number of aromatic nitrogens is 1. The molecule has 11 N–H and O–H groups in total. The summed E-state index contributed by atoms with van der Waals surface area (Å²) in [5, 5.41) is 87.3. The van der Waals surface area contributed by atoms with Crippen LogP contribution in [-0.4, -0.2) is 237 Å². The number of aliphatic hydroxyl groups is 6. The Balaban J connectivity index is 0.743. The number of ketones is 2. The number of carbonyl (C=O) groups excluding carboxylic acids is 5. The summed E-state index contributed by atoms with van der Waals surface area (Å²) in [5.74, 6) is -3.42. The predicted molar refractivity (Wildman–Crippen MR) is 373 cm³/mol. The number of carboxylic acids is 1. The van der Waals surface area contributed by atoms with Gasteiger partial charge in [0.1, 0.15) is 36.7 Å². The van der Waals surface area contributed by atoms with E-state index in [9.17, 15) is 59.7 Å². The van der Waals surface area contributed by atoms with Gasteiger partial charge in [-0.25, -0.2) is 4.79 Å². The van der Waals surface area contributed by atoms with Crippen LogP contribution < -0.4 is 25.6 Å². The van der Waals surface area contributed by atoms with Crippen LogP contribution in [0.2, 0.25) is 0 Å². The zero-order valence-electron chi connectivity index (χ0n) is 57.8. The topological polar surface area (TPSA) is 343 Å². The van der Waals surface area contributed by atoms with Gasteiger partial charge in [-0.3, -0.25) is 33.8 Å². The third kappa shape index (κ3) is 15.2. The summed E-state index contributed by atoms with van der Waals surface area (Å²) in [6.07, 6.45) is 6.70. The van der Waals surface area contributed by atoms with Crippen molar-refractivity contribution in [1.29, 1.82) is 0 Å². The molecule has 98 heavy (non-hydrogen) atoms. The van der Waals surface area contributed by atoms with E-state index in [2.05, 4.69) is 68.8 Å². The summed E-state index contributed by atoms with van der Waals surface area (Å²) in [5.41, 5.74) is 0.138. The number of benzene rings is 2. The monoisotopic (exact) mass is 1400 g/mol. The van der Waals surface area contributed by atoms with Crippen LogP contribution >= 0.6 is 21.6 Å². The largest absolute Gasteiger partial charge is 0.496 e. The lowest BCUT2D eigenvalue weighted by Crippen LogP contribution is -2.81. The van der Waals surface area contributed by atoms with E-state index in [1.807, 2.05) is 50.1 Å². The quantitative estimate of drug-likeness (QED) is 0.0206. The van der Waals surface area contributed by atoms with Crippen molar-refractivity contribution in [2.24, 2.45) is 17.3 Å². The van der Waals surface area contributed by atoms with Gasteiger partial charge in [0.2, 0.25) is 11.8 Å². The number of anilines is 1. The minimum absolute atomic E-state index is 0.00644. The zero-order chi connectivity index (χ0) is 70.3. The van der Waals surface area contributed by atoms with Gasteiger partial charge in [0.05, 0.1) is 43.9 Å². The summed E-state index contributed by atoms with van der Waals surface area (Å²) in [6.45, 7) is 10.6. The molecule has 3 saturated heterocycles. The van der Waals surface area contributed by atoms with Crippen molar-refractivity contribution in [3.05, 3.63) is 70.9 Å². The SMILES string of the molecule is CCCC(=O)N[C@@H](CNC(=O)CCCCCCCCOC1C[C@@H](O)C(O)C(CO)O1)C(=O)C[C@H](CSSCCOC(=O)NCC(=O)[C@@]1(O)[C@H](O)[C@]2(CC)C=CCN3CC[C@@]4(c5cc([C@@]6(C)C[C@@H]7CN(CCc8c6[nH]c6ccccc86)C[C@](O)(CC)C7)c(OC)cc5N(C)[C@@H]14)[C@@H]32)C(=O)O. The summed E-state index contributed by atoms with van der Waals surface area (Å²) < 4.78 is 23.2. The number of amides is 3. The average Bonchev–Trinajstić information content (AvgIpc) is 1.46. The molecular weight excluding hydrogens is 1300 g/mol. The molecule has 1 saturated carbocycles. The summed E-state index contributed by atoms with van der Waals surface area (Å²) in [6, 6.07) is 10.3. The molecule has 2 aromatic carbocycles. The Hall–Kier alpha value is -5.36. The van der Waals surface area contributed by atoms with Crippen molar-refractivity contribution in [3.63, 3.8) is 0 Å². The number of unbranched alkanes of at least 4 members (excludes halogenated alkanes) is 5. The summed E-state index contributed by atoms with van der Waals surface area (Å²) in [4.78, 5) is 91.3. The maximum atomic E-state index is 15.3. The molecular formula is C72H105N7O17S2. The molecule has 1 aliphatic carbocycles. The van der Waals surface area contributed by atoms with Crippen LogP contribution in [0.25, 0.3) is 10.9 Å². The third-order valence-corrected chi connectivity index (χ3v) is 25.0. The second-order valence-electron chi connectivity index (χ2n) is 28.8. The van der Waals surface area contributed by atoms with Gasteiger partial charge in [-0.05, 0) is 100 Å². The molecule has 3 amide bonds. The molecule has 24 nitrogen and oxygen atoms in total. The first kappa shape index (κ1) is 75.3. The number of rotatable bonds is 33. The number of nitrogens with one attached hydrogen (secondary N) is 4. The van der Waals surface area contributed by atoms with Gasteiger partial charge in [0.25, 0.3) is 0 Å². The van der Waals surface area contributed by atoms with E-state index in [4.69, 9.17) is 18.9 Å². The molecule has 6 aliphatic heterocycles. The number of hydrogen-bond acceptors (Lipinski definition) is 21. The minimum atomic E-state index is -2.42. The fourth-order valence-corrected chi connectivity index (χ4v) is 19.9. The number of aliphatic hydroxyl groups excluding tert-OH is 4. The van der Waals surface area contributed by atoms with Crippen molar-refractivity contribution >= 4 is 73.6 Å². The number of nitrogens with zero attached hydrogens (tertiary/aromatic N) is 3. The number of hydrogen-bond donors (Lipinski definition) is 11. The van der Waals surface area contributed by atoms with Crippen molar-refractivity contribution in [1.82, 2.24) is 30.7 Å². The highest BCUT2D eigenvalue weighted by atomic mass is 33.1. The second kappa shape index (κ2) is 32.3. The molecule has 26 heteroatoms. The summed E-state index contributed by atoms with van der Waals surface area (Å²) >= 11 is 0. The van der Waals surface area contributed by atoms with E-state index >= 15 is 4.79 Å². The Morgan fingerprint density at radius 2 is 1.65 bits per heavy atom. The van der Waals surface area contributed by atoms with E-state index in [1.165, 1.54) is 16.4 Å². The first-order valence-electron chi connectivity index (χ1n) is 35.5. The van der Waals surface area contributed by atoms with E-state index in [1.54, 1.807) is 7.11 Å². The third-order valence-electron chi connectivity index (χ3n) is 22.6. The van der Waals surface area contributed by atoms with Gasteiger partial charge in [-0.15, -0.1) is 0 Å². The number of alkyl carbamates (subject to hydrolysis) is 1. The Morgan fingerprint density at radius 1 is 0.888 bits per heavy atom. The van der Waals surface area contributed by atoms with Crippen molar-refractivity contribution in [2.75, 3.05) is 96.2 Å². The molecule has 10 rings (SSSR count). The number of Topliss-reactive ketones (excluding diaryl/α,β-unsaturated/α-hetero) is 2. The van der Waals surface area contributed by atoms with Gasteiger partial charge < -0.3 is 80.5 Å². The first-order valence-corrected chi connectivity index (χ1v) is 38.0. The Labute approximate surface area is 582 Å². The van der Waals surface area contributed by atoms with Gasteiger partial charge in [0.15, 0.2) is 23.5 Å². The van der Waals surface area contributed by atoms with Gasteiger partial charge in [-0.2, -0.15) is 0 Å². The Morgan fingerprint density at radius 3 is 2.39 bits per heavy atom. The maximum Gasteiger partial charge on any atom is 0.407 e. The fourth-order valence-electron chi connectivity index (χ4n) is 17.8. The lowest BCUT2D eigenvalue weighted by atomic mass is 9.47. The van der Waals surface area contributed by atoms with Gasteiger partial charge in [-0.1, -0.05) is 98.4 Å². The molecule has 542 valence electrons. The zero-order valence-corrected chi connectivity index (χ0v) is 59.4. The molecule has 4 unspecified atom stereocenters. The molecule has 7 aliphatic rings. The van der Waals surface area contributed by atoms with E-state index in [0.717, 1.165) is 95.8 Å². The van der Waals surface area contributed by atoms with Crippen molar-refractivity contribution in [2.45, 2.75) is 208 Å². The Kier molecular flexibility index (Phi) is 24.8.